The Morgan fingerprint density at radius 3 is 2.62 bits per heavy atom. The second-order valence-corrected chi connectivity index (χ2v) is 6.17. The summed E-state index contributed by atoms with van der Waals surface area (Å²) in [6, 6.07) is 4.32. The number of hydrogen-bond acceptors (Lipinski definition) is 2. The molecule has 1 N–H and O–H groups in total. The Morgan fingerprint density at radius 2 is 2.12 bits per heavy atom. The van der Waals surface area contributed by atoms with Crippen LogP contribution in [-0.2, 0) is 0 Å². The molecule has 1 heterocycles. The van der Waals surface area contributed by atoms with Gasteiger partial charge in [-0.15, -0.1) is 0 Å². The highest BCUT2D eigenvalue weighted by molar-refractivity contribution is 9.10. The van der Waals surface area contributed by atoms with E-state index < -0.39 is 0 Å². The monoisotopic (exact) mass is 284 g/mol. The standard InChI is InChI=1S/C13H21BrN2/c1-13(2,3)8-7-11(15-4)12-10(14)6-5-9-16-12/h5-6,9,11,15H,7-8H2,1-4H3. The molecule has 90 valence electrons. The highest BCUT2D eigenvalue weighted by Gasteiger charge is 2.17. The minimum Gasteiger partial charge on any atom is -0.312 e. The first kappa shape index (κ1) is 13.7. The second kappa shape index (κ2) is 5.78. The van der Waals surface area contributed by atoms with Crippen molar-refractivity contribution in [3.63, 3.8) is 0 Å². The van der Waals surface area contributed by atoms with Gasteiger partial charge < -0.3 is 5.32 Å². The summed E-state index contributed by atoms with van der Waals surface area (Å²) in [4.78, 5) is 4.44. The van der Waals surface area contributed by atoms with Crippen molar-refractivity contribution >= 4 is 15.9 Å². The van der Waals surface area contributed by atoms with Crippen LogP contribution in [0.25, 0.3) is 0 Å². The number of aromatic nitrogens is 1. The van der Waals surface area contributed by atoms with Gasteiger partial charge in [0, 0.05) is 10.7 Å². The van der Waals surface area contributed by atoms with Crippen LogP contribution in [0.4, 0.5) is 0 Å². The second-order valence-electron chi connectivity index (χ2n) is 5.31. The zero-order chi connectivity index (χ0) is 12.2. The van der Waals surface area contributed by atoms with E-state index in [2.05, 4.69) is 47.0 Å². The van der Waals surface area contributed by atoms with E-state index in [1.807, 2.05) is 25.4 Å². The smallest absolute Gasteiger partial charge is 0.0714 e. The molecule has 1 aromatic heterocycles. The maximum absolute atomic E-state index is 4.44. The first-order valence-corrected chi connectivity index (χ1v) is 6.51. The Labute approximate surface area is 107 Å². The first-order valence-electron chi connectivity index (χ1n) is 5.72. The van der Waals surface area contributed by atoms with Crippen LogP contribution in [0.2, 0.25) is 0 Å². The fourth-order valence-corrected chi connectivity index (χ4v) is 2.18. The molecule has 1 rings (SSSR count). The van der Waals surface area contributed by atoms with Gasteiger partial charge in [0.1, 0.15) is 0 Å². The topological polar surface area (TPSA) is 24.9 Å². The Morgan fingerprint density at radius 1 is 1.44 bits per heavy atom. The molecule has 16 heavy (non-hydrogen) atoms. The van der Waals surface area contributed by atoms with Gasteiger partial charge in [0.05, 0.1) is 11.7 Å². The van der Waals surface area contributed by atoms with Crippen molar-refractivity contribution in [2.45, 2.75) is 39.7 Å². The van der Waals surface area contributed by atoms with Gasteiger partial charge in [0.15, 0.2) is 0 Å². The highest BCUT2D eigenvalue weighted by atomic mass is 79.9. The van der Waals surface area contributed by atoms with Crippen molar-refractivity contribution in [2.24, 2.45) is 5.41 Å². The predicted octanol–water partition coefficient (Wildman–Crippen LogP) is 3.93. The lowest BCUT2D eigenvalue weighted by molar-refractivity contribution is 0.335. The van der Waals surface area contributed by atoms with Gasteiger partial charge in [-0.3, -0.25) is 4.98 Å². The lowest BCUT2D eigenvalue weighted by Crippen LogP contribution is -2.20. The number of halogens is 1. The molecule has 0 spiro atoms. The summed E-state index contributed by atoms with van der Waals surface area (Å²) >= 11 is 3.56. The van der Waals surface area contributed by atoms with Crippen LogP contribution in [0.5, 0.6) is 0 Å². The molecule has 0 aliphatic heterocycles. The lowest BCUT2D eigenvalue weighted by atomic mass is 9.88. The molecule has 0 saturated carbocycles. The summed E-state index contributed by atoms with van der Waals surface area (Å²) in [5.41, 5.74) is 1.48. The SMILES string of the molecule is CNC(CCC(C)(C)C)c1ncccc1Br. The number of pyridine rings is 1. The van der Waals surface area contributed by atoms with Gasteiger partial charge in [0.25, 0.3) is 0 Å². The summed E-state index contributed by atoms with van der Waals surface area (Å²) in [5.74, 6) is 0. The van der Waals surface area contributed by atoms with Crippen molar-refractivity contribution in [3.05, 3.63) is 28.5 Å². The Balaban J connectivity index is 2.72. The van der Waals surface area contributed by atoms with Crippen LogP contribution >= 0.6 is 15.9 Å². The van der Waals surface area contributed by atoms with Gasteiger partial charge in [-0.2, -0.15) is 0 Å². The Hall–Kier alpha value is -0.410. The molecular weight excluding hydrogens is 264 g/mol. The molecule has 3 heteroatoms. The molecule has 0 aliphatic rings. The number of rotatable bonds is 4. The molecule has 0 fully saturated rings. The first-order chi connectivity index (χ1) is 7.44. The fraction of sp³-hybridized carbons (Fsp3) is 0.615. The van der Waals surface area contributed by atoms with Gasteiger partial charge in [-0.25, -0.2) is 0 Å². The molecule has 2 nitrogen and oxygen atoms in total. The van der Waals surface area contributed by atoms with E-state index in [1.165, 1.54) is 6.42 Å². The van der Waals surface area contributed by atoms with Gasteiger partial charge >= 0.3 is 0 Å². The largest absolute Gasteiger partial charge is 0.312 e. The number of hydrogen-bond donors (Lipinski definition) is 1. The van der Waals surface area contributed by atoms with Gasteiger partial charge in [-0.1, -0.05) is 20.8 Å². The van der Waals surface area contributed by atoms with Crippen molar-refractivity contribution in [1.82, 2.24) is 10.3 Å². The highest BCUT2D eigenvalue weighted by Crippen LogP contribution is 2.29. The molecule has 1 unspecified atom stereocenters. The fourth-order valence-electron chi connectivity index (χ4n) is 1.65. The van der Waals surface area contributed by atoms with Crippen molar-refractivity contribution in [3.8, 4) is 0 Å². The van der Waals surface area contributed by atoms with Crippen molar-refractivity contribution in [1.29, 1.82) is 0 Å². The summed E-state index contributed by atoms with van der Waals surface area (Å²) in [6.07, 6.45) is 4.14. The summed E-state index contributed by atoms with van der Waals surface area (Å²) in [6.45, 7) is 6.81. The molecule has 1 aromatic rings. The molecule has 0 aromatic carbocycles. The zero-order valence-corrected chi connectivity index (χ0v) is 12.1. The Kier molecular flexibility index (Phi) is 4.93. The van der Waals surface area contributed by atoms with Gasteiger partial charge in [0.2, 0.25) is 0 Å². The summed E-state index contributed by atoms with van der Waals surface area (Å²) in [7, 11) is 1.99. The normalized spacial score (nSPS) is 13.8. The molecule has 0 aliphatic carbocycles. The lowest BCUT2D eigenvalue weighted by Gasteiger charge is -2.23. The van der Waals surface area contributed by atoms with E-state index in [1.54, 1.807) is 0 Å². The van der Waals surface area contributed by atoms with E-state index in [4.69, 9.17) is 0 Å². The molecule has 0 radical (unpaired) electrons. The summed E-state index contributed by atoms with van der Waals surface area (Å²) < 4.78 is 1.09. The minimum absolute atomic E-state index is 0.329. The van der Waals surface area contributed by atoms with Crippen molar-refractivity contribution in [2.75, 3.05) is 7.05 Å². The van der Waals surface area contributed by atoms with Crippen LogP contribution in [-0.4, -0.2) is 12.0 Å². The predicted molar refractivity (Wildman–Crippen MR) is 72.4 cm³/mol. The van der Waals surface area contributed by atoms with Crippen LogP contribution < -0.4 is 5.32 Å². The summed E-state index contributed by atoms with van der Waals surface area (Å²) in [5, 5.41) is 3.34. The van der Waals surface area contributed by atoms with E-state index in [-0.39, 0.29) is 0 Å². The average molecular weight is 285 g/mol. The maximum Gasteiger partial charge on any atom is 0.0714 e. The Bertz CT molecular complexity index is 331. The van der Waals surface area contributed by atoms with E-state index in [9.17, 15) is 0 Å². The third kappa shape index (κ3) is 4.22. The van der Waals surface area contributed by atoms with Crippen LogP contribution in [0.15, 0.2) is 22.8 Å². The molecule has 0 bridgehead atoms. The van der Waals surface area contributed by atoms with E-state index in [0.29, 0.717) is 11.5 Å². The van der Waals surface area contributed by atoms with Crippen LogP contribution in [0.1, 0.15) is 45.3 Å². The molecule has 0 amide bonds. The van der Waals surface area contributed by atoms with E-state index in [0.717, 1.165) is 16.6 Å². The third-order valence-corrected chi connectivity index (χ3v) is 3.32. The van der Waals surface area contributed by atoms with Crippen LogP contribution in [0.3, 0.4) is 0 Å². The van der Waals surface area contributed by atoms with Crippen molar-refractivity contribution < 1.29 is 0 Å². The van der Waals surface area contributed by atoms with Gasteiger partial charge in [-0.05, 0) is 53.4 Å². The molecule has 1 atom stereocenters. The number of nitrogens with zero attached hydrogens (tertiary/aromatic N) is 1. The van der Waals surface area contributed by atoms with Crippen LogP contribution in [0, 0.1) is 5.41 Å². The molecule has 0 saturated heterocycles. The quantitative estimate of drug-likeness (QED) is 0.906. The third-order valence-electron chi connectivity index (χ3n) is 2.65. The average Bonchev–Trinajstić information content (AvgIpc) is 2.20. The maximum atomic E-state index is 4.44. The molecular formula is C13H21BrN2. The van der Waals surface area contributed by atoms with E-state index >= 15 is 0 Å². The minimum atomic E-state index is 0.329. The number of nitrogens with one attached hydrogen (secondary N) is 1. The zero-order valence-electron chi connectivity index (χ0n) is 10.5.